The Kier molecular flexibility index (Phi) is 17.7. The lowest BCUT2D eigenvalue weighted by molar-refractivity contribution is -0.0397. The average Bonchev–Trinajstić information content (AvgIpc) is 1.51. The molecular weight excluding hydrogens is 1570 g/mol. The molecule has 0 aliphatic heterocycles. The fraction of sp³-hybridized carbons (Fsp3) is 0.260. The maximum absolute atomic E-state index is 2.61. The first kappa shape index (κ1) is 77.2. The molecule has 12 saturated carbocycles. The lowest BCUT2D eigenvalue weighted by Crippen LogP contribution is -2.55. The van der Waals surface area contributed by atoms with Crippen LogP contribution in [0.5, 0.6) is 0 Å². The number of benzene rings is 16. The molecule has 16 aliphatic rings. The molecule has 32 rings (SSSR count). The molecule has 634 valence electrons. The molecule has 3 nitrogen and oxygen atoms in total. The molecule has 0 saturated heterocycles. The predicted molar refractivity (Wildman–Crippen MR) is 539 cm³/mol. The topological polar surface area (TPSA) is 9.72 Å². The van der Waals surface area contributed by atoms with Crippen molar-refractivity contribution in [1.82, 2.24) is 0 Å². The molecule has 0 heterocycles. The zero-order chi connectivity index (χ0) is 85.7. The molecule has 12 bridgehead atoms. The Morgan fingerprint density at radius 1 is 0.185 bits per heavy atom. The van der Waals surface area contributed by atoms with E-state index in [-0.39, 0.29) is 21.7 Å². The highest BCUT2D eigenvalue weighted by atomic mass is 15.2. The van der Waals surface area contributed by atoms with E-state index in [4.69, 9.17) is 0 Å². The summed E-state index contributed by atoms with van der Waals surface area (Å²) in [7, 11) is 0. The first-order valence-corrected chi connectivity index (χ1v) is 49.4. The summed E-state index contributed by atoms with van der Waals surface area (Å²) in [5.74, 6) is 9.93. The van der Waals surface area contributed by atoms with Gasteiger partial charge in [-0.1, -0.05) is 305 Å². The molecule has 0 atom stereocenters. The van der Waals surface area contributed by atoms with Crippen LogP contribution in [-0.4, -0.2) is 0 Å². The van der Waals surface area contributed by atoms with Gasteiger partial charge in [0.1, 0.15) is 0 Å². The van der Waals surface area contributed by atoms with E-state index in [0.717, 1.165) is 71.0 Å². The number of nitrogens with zero attached hydrogens (tertiary/aromatic N) is 3. The van der Waals surface area contributed by atoms with Crippen molar-refractivity contribution in [2.45, 2.75) is 132 Å². The first-order chi connectivity index (χ1) is 64.1. The van der Waals surface area contributed by atoms with Crippen molar-refractivity contribution < 1.29 is 0 Å². The summed E-state index contributed by atoms with van der Waals surface area (Å²) in [6.45, 7) is 4.80. The van der Waals surface area contributed by atoms with Gasteiger partial charge in [-0.15, -0.1) is 0 Å². The summed E-state index contributed by atoms with van der Waals surface area (Å²) >= 11 is 0. The molecule has 3 spiro atoms. The minimum Gasteiger partial charge on any atom is -0.310 e. The van der Waals surface area contributed by atoms with E-state index in [0.29, 0.717) is 0 Å². The highest BCUT2D eigenvalue weighted by molar-refractivity contribution is 5.98. The first-order valence-electron chi connectivity index (χ1n) is 49.4. The third-order valence-corrected chi connectivity index (χ3v) is 35.7. The van der Waals surface area contributed by atoms with E-state index in [1.807, 2.05) is 0 Å². The second-order valence-corrected chi connectivity index (χ2v) is 42.2. The monoisotopic (exact) mass is 1680 g/mol. The minimum atomic E-state index is -0.0399. The van der Waals surface area contributed by atoms with E-state index < -0.39 is 0 Å². The zero-order valence-corrected chi connectivity index (χ0v) is 74.7. The van der Waals surface area contributed by atoms with Gasteiger partial charge in [-0.3, -0.25) is 0 Å². The zero-order valence-electron chi connectivity index (χ0n) is 74.7. The highest BCUT2D eigenvalue weighted by Crippen LogP contribution is 2.75. The molecule has 0 amide bonds. The van der Waals surface area contributed by atoms with Crippen LogP contribution >= 0.6 is 0 Å². The fourth-order valence-electron chi connectivity index (χ4n) is 31.6. The normalized spacial score (nSPS) is 26.5. The molecule has 16 aromatic carbocycles. The molecule has 0 radical (unpaired) electrons. The van der Waals surface area contributed by atoms with E-state index in [2.05, 4.69) is 411 Å². The Balaban J connectivity index is 0.000000100. The molecular formula is C127H111N3. The van der Waals surface area contributed by atoms with Crippen LogP contribution in [0.15, 0.2) is 382 Å². The molecule has 0 N–H and O–H groups in total. The fourth-order valence-corrected chi connectivity index (χ4v) is 31.6. The Morgan fingerprint density at radius 2 is 0.446 bits per heavy atom. The Labute approximate surface area is 767 Å². The van der Waals surface area contributed by atoms with Crippen molar-refractivity contribution in [3.05, 3.63) is 427 Å². The van der Waals surface area contributed by atoms with E-state index >= 15 is 0 Å². The molecule has 16 aromatic rings. The van der Waals surface area contributed by atoms with Gasteiger partial charge in [0.05, 0.1) is 17.1 Å². The smallest absolute Gasteiger partial charge is 0.0509 e. The van der Waals surface area contributed by atoms with Gasteiger partial charge >= 0.3 is 0 Å². The van der Waals surface area contributed by atoms with Crippen LogP contribution in [0.3, 0.4) is 0 Å². The summed E-state index contributed by atoms with van der Waals surface area (Å²) in [5.41, 5.74) is 40.9. The van der Waals surface area contributed by atoms with Crippen LogP contribution in [-0.2, 0) is 21.7 Å². The van der Waals surface area contributed by atoms with Gasteiger partial charge < -0.3 is 14.7 Å². The van der Waals surface area contributed by atoms with Crippen molar-refractivity contribution in [2.24, 2.45) is 71.0 Å². The van der Waals surface area contributed by atoms with Crippen LogP contribution < -0.4 is 14.7 Å². The summed E-state index contributed by atoms with van der Waals surface area (Å²) in [6.07, 6.45) is 21.1. The minimum absolute atomic E-state index is 0.0399. The van der Waals surface area contributed by atoms with Gasteiger partial charge in [-0.25, -0.2) is 0 Å². The third kappa shape index (κ3) is 11.4. The summed E-state index contributed by atoms with van der Waals surface area (Å²) in [5, 5.41) is 2.56. The average molecular weight is 1680 g/mol. The summed E-state index contributed by atoms with van der Waals surface area (Å²) in [6, 6.07) is 144. The SMILES string of the molecule is CC1(C)c2ccccc2-c2ccc(N(c3ccccc3)c3cccc4c3C3(c5ccccc5-4)C4CC5CC(C4)CC3C5)cc21.c1ccc(-c2ccc(N(c3ccc4ccccc4c3)c3cccc4c3C3(c5ccccc5-4)C4CC5CC(C4)CC3C5)cc2)cc1.c1ccc(-c2ccc(N(c3ccccc3)c3cccc4c3C3(c5ccccc5-4)C4CC5CC(C4)CC3C5)cc2)cc1. The molecule has 0 unspecified atom stereocenters. The Hall–Kier alpha value is -12.8. The van der Waals surface area contributed by atoms with Gasteiger partial charge in [0, 0.05) is 55.8 Å². The van der Waals surface area contributed by atoms with Crippen LogP contribution in [0, 0.1) is 71.0 Å². The number of para-hydroxylation sites is 2. The quantitative estimate of drug-likeness (QED) is 0.128. The summed E-state index contributed by atoms with van der Waals surface area (Å²) in [4.78, 5) is 7.74. The second kappa shape index (κ2) is 29.9. The number of fused-ring (bicyclic) bond motifs is 13. The van der Waals surface area contributed by atoms with Crippen LogP contribution in [0.4, 0.5) is 51.2 Å². The van der Waals surface area contributed by atoms with Crippen molar-refractivity contribution in [1.29, 1.82) is 0 Å². The van der Waals surface area contributed by atoms with Crippen LogP contribution in [0.1, 0.15) is 155 Å². The van der Waals surface area contributed by atoms with Crippen LogP contribution in [0.25, 0.3) is 77.5 Å². The lowest BCUT2D eigenvalue weighted by atomic mass is 9.43. The molecule has 12 fully saturated rings. The molecule has 16 aliphatic carbocycles. The lowest BCUT2D eigenvalue weighted by Gasteiger charge is -2.61. The van der Waals surface area contributed by atoms with Crippen LogP contribution in [0.2, 0.25) is 0 Å². The second-order valence-electron chi connectivity index (χ2n) is 42.2. The largest absolute Gasteiger partial charge is 0.310 e. The summed E-state index contributed by atoms with van der Waals surface area (Å²) < 4.78 is 0. The number of hydrogen-bond acceptors (Lipinski definition) is 3. The Bertz CT molecular complexity index is 7040. The van der Waals surface area contributed by atoms with Gasteiger partial charge in [0.15, 0.2) is 0 Å². The predicted octanol–water partition coefficient (Wildman–Crippen LogP) is 33.4. The van der Waals surface area contributed by atoms with E-state index in [9.17, 15) is 0 Å². The number of anilines is 9. The number of hydrogen-bond donors (Lipinski definition) is 0. The maximum atomic E-state index is 2.61. The standard InChI is InChI=1S/C44H37N.C43H39N.C40H35N/c1-2-9-31(10-3-1)33-17-20-37(21-18-33)45(38-22-19-32-11-4-5-12-34(32)28-38)42-16-8-14-40-39-13-6-7-15-41(39)44(43(40)42)35-24-29-23-30(26-35)27-36(44)25-29;1-42(2)37-16-8-6-13-33(37)35-20-19-32(26-39(35)42)44(31-11-4-3-5-12-31)40-18-10-15-36-34-14-7-9-17-38(34)43(41(36)40)29-22-27-21-28(24-29)25-30(43)23-27;1-3-10-29(11-4-1)30-18-20-34(21-19-30)41(33-12-5-2-6-13-33)38-17-9-15-36-35-14-7-8-16-37(35)40(39(36)38)31-23-27-22-28(25-31)26-32(40)24-27/h1-22,28-30,35-36H,23-27H2;3-20,26-30H,21-25H2,1-2H3;1-21,27-28,31-32H,22-26H2. The van der Waals surface area contributed by atoms with Crippen molar-refractivity contribution in [3.63, 3.8) is 0 Å². The van der Waals surface area contributed by atoms with Crippen molar-refractivity contribution >= 4 is 62.0 Å². The van der Waals surface area contributed by atoms with Gasteiger partial charge in [0.25, 0.3) is 0 Å². The third-order valence-electron chi connectivity index (χ3n) is 35.7. The van der Waals surface area contributed by atoms with Crippen molar-refractivity contribution in [3.8, 4) is 66.8 Å². The van der Waals surface area contributed by atoms with Gasteiger partial charge in [-0.05, 0) is 380 Å². The molecule has 3 heteroatoms. The van der Waals surface area contributed by atoms with Crippen molar-refractivity contribution in [2.75, 3.05) is 14.7 Å². The van der Waals surface area contributed by atoms with E-state index in [1.54, 1.807) is 33.4 Å². The molecule has 0 aromatic heterocycles. The van der Waals surface area contributed by atoms with Gasteiger partial charge in [0.2, 0.25) is 0 Å². The highest BCUT2D eigenvalue weighted by Gasteiger charge is 2.66. The molecule has 130 heavy (non-hydrogen) atoms. The van der Waals surface area contributed by atoms with E-state index in [1.165, 1.54) is 236 Å². The Morgan fingerprint density at radius 3 is 0.823 bits per heavy atom. The van der Waals surface area contributed by atoms with Gasteiger partial charge in [-0.2, -0.15) is 0 Å². The number of rotatable bonds is 11. The maximum Gasteiger partial charge on any atom is 0.0509 e.